The fourth-order valence-corrected chi connectivity index (χ4v) is 0.387. The summed E-state index contributed by atoms with van der Waals surface area (Å²) in [5.41, 5.74) is 0. The first-order valence-corrected chi connectivity index (χ1v) is 2.42. The quantitative estimate of drug-likeness (QED) is 0.344. The second kappa shape index (κ2) is 6.90. The summed E-state index contributed by atoms with van der Waals surface area (Å²) in [6, 6.07) is 0. The van der Waals surface area contributed by atoms with Gasteiger partial charge in [0, 0.05) is 17.4 Å². The number of quaternary nitrogens is 1. The van der Waals surface area contributed by atoms with Crippen molar-refractivity contribution in [3.05, 3.63) is 0 Å². The maximum absolute atomic E-state index is 9.89. The van der Waals surface area contributed by atoms with E-state index in [-0.39, 0.29) is 61.6 Å². The number of likely N-dealkylation sites (N-methyl/N-ethyl adjacent to an activating group) is 1. The number of nitrogens with zero attached hydrogens (tertiary/aromatic N) is 1. The van der Waals surface area contributed by atoms with Crippen LogP contribution < -0.4 is 5.11 Å². The molecule has 0 bridgehead atoms. The van der Waals surface area contributed by atoms with Crippen LogP contribution in [0.5, 0.6) is 0 Å². The van der Waals surface area contributed by atoms with Gasteiger partial charge in [-0.25, -0.2) is 0 Å². The Balaban J connectivity index is -0.000000245. The molecule has 0 spiro atoms. The molecule has 0 atom stereocenters. The first-order valence-electron chi connectivity index (χ1n) is 2.42. The second-order valence-corrected chi connectivity index (χ2v) is 2.82. The summed E-state index contributed by atoms with van der Waals surface area (Å²) >= 11 is 0. The SMILES string of the molecule is C[N+](C)(C)CC(=O)[O-].[Al].[CaH2]. The third-order valence-corrected chi connectivity index (χ3v) is 0.603. The molecule has 0 rings (SSSR count). The van der Waals surface area contributed by atoms with E-state index in [4.69, 9.17) is 0 Å². The Labute approximate surface area is 102 Å². The number of carboxylic acids is 1. The van der Waals surface area contributed by atoms with E-state index in [0.29, 0.717) is 4.48 Å². The van der Waals surface area contributed by atoms with Crippen molar-refractivity contribution in [2.75, 3.05) is 27.7 Å². The van der Waals surface area contributed by atoms with E-state index in [9.17, 15) is 9.90 Å². The molecule has 3 radical (unpaired) electrons. The molecule has 0 N–H and O–H groups in total. The third-order valence-electron chi connectivity index (χ3n) is 0.603. The number of hydrogen-bond acceptors (Lipinski definition) is 2. The van der Waals surface area contributed by atoms with Gasteiger partial charge in [0.15, 0.2) is 0 Å². The molecule has 5 heteroatoms. The van der Waals surface area contributed by atoms with Crippen LogP contribution in [-0.2, 0) is 4.79 Å². The Morgan fingerprint density at radius 3 is 1.70 bits per heavy atom. The van der Waals surface area contributed by atoms with Crippen molar-refractivity contribution < 1.29 is 14.4 Å². The van der Waals surface area contributed by atoms with Crippen molar-refractivity contribution in [3.8, 4) is 0 Å². The van der Waals surface area contributed by atoms with Gasteiger partial charge >= 0.3 is 37.7 Å². The van der Waals surface area contributed by atoms with E-state index in [0.717, 1.165) is 0 Å². The van der Waals surface area contributed by atoms with Crippen molar-refractivity contribution in [2.24, 2.45) is 0 Å². The summed E-state index contributed by atoms with van der Waals surface area (Å²) in [5, 5.41) is 9.89. The van der Waals surface area contributed by atoms with E-state index >= 15 is 0 Å². The Morgan fingerprint density at radius 1 is 1.40 bits per heavy atom. The second-order valence-electron chi connectivity index (χ2n) is 2.82. The van der Waals surface area contributed by atoms with Gasteiger partial charge in [-0.1, -0.05) is 0 Å². The standard InChI is InChI=1S/C5H11NO2.Al.Ca.2H/c1-6(2,3)4-5(7)8;;;;/h4H2,1-3H3;;;;. The molecule has 0 amide bonds. The molecule has 0 aliphatic rings. The normalized spacial score (nSPS) is 9.10. The summed E-state index contributed by atoms with van der Waals surface area (Å²) in [7, 11) is 5.40. The van der Waals surface area contributed by atoms with E-state index in [1.165, 1.54) is 0 Å². The summed E-state index contributed by atoms with van der Waals surface area (Å²) in [6.45, 7) is 0.0694. The predicted octanol–water partition coefficient (Wildman–Crippen LogP) is -2.85. The van der Waals surface area contributed by atoms with Gasteiger partial charge < -0.3 is 14.4 Å². The number of hydrogen-bond donors (Lipinski definition) is 0. The number of rotatable bonds is 2. The molecule has 0 saturated carbocycles. The third kappa shape index (κ3) is 16.1. The van der Waals surface area contributed by atoms with Crippen LogP contribution >= 0.6 is 0 Å². The van der Waals surface area contributed by atoms with Gasteiger partial charge in [0.25, 0.3) is 0 Å². The molecule has 0 aliphatic heterocycles. The Hall–Kier alpha value is 1.22. The van der Waals surface area contributed by atoms with Gasteiger partial charge in [-0.15, -0.1) is 0 Å². The summed E-state index contributed by atoms with van der Waals surface area (Å²) < 4.78 is 0.419. The number of carboxylic acid groups (broad SMARTS) is 1. The van der Waals surface area contributed by atoms with Crippen LogP contribution in [0.4, 0.5) is 0 Å². The monoisotopic (exact) mass is 186 g/mol. The average Bonchev–Trinajstić information content (AvgIpc) is 1.21. The van der Waals surface area contributed by atoms with Crippen LogP contribution in [0.15, 0.2) is 0 Å². The fraction of sp³-hybridized carbons (Fsp3) is 0.800. The Kier molecular flexibility index (Phi) is 12.0. The zero-order valence-electron chi connectivity index (χ0n) is 6.05. The van der Waals surface area contributed by atoms with Crippen LogP contribution in [0.1, 0.15) is 0 Å². The first-order chi connectivity index (χ1) is 3.42. The van der Waals surface area contributed by atoms with Gasteiger partial charge in [-0.3, -0.25) is 0 Å². The average molecular weight is 186 g/mol. The maximum atomic E-state index is 9.89. The zero-order valence-corrected chi connectivity index (χ0v) is 7.20. The van der Waals surface area contributed by atoms with E-state index in [2.05, 4.69) is 0 Å². The number of carbonyl (C=O) groups is 1. The van der Waals surface area contributed by atoms with Gasteiger partial charge in [0.2, 0.25) is 0 Å². The molecule has 0 fully saturated rings. The number of aliphatic carboxylic acids is 1. The fourth-order valence-electron chi connectivity index (χ4n) is 0.387. The molecule has 0 saturated heterocycles. The molecule has 0 unspecified atom stereocenters. The van der Waals surface area contributed by atoms with Gasteiger partial charge in [-0.2, -0.15) is 0 Å². The van der Waals surface area contributed by atoms with Crippen LogP contribution in [-0.4, -0.2) is 93.2 Å². The van der Waals surface area contributed by atoms with Crippen molar-refractivity contribution in [2.45, 2.75) is 0 Å². The topological polar surface area (TPSA) is 40.1 Å². The molecular weight excluding hydrogens is 173 g/mol. The molecule has 55 valence electrons. The molecule has 10 heavy (non-hydrogen) atoms. The first kappa shape index (κ1) is 17.3. The van der Waals surface area contributed by atoms with Crippen molar-refractivity contribution >= 4 is 61.1 Å². The number of carbonyl (C=O) groups excluding carboxylic acids is 1. The predicted molar refractivity (Wildman–Crippen MR) is 42.2 cm³/mol. The van der Waals surface area contributed by atoms with Gasteiger partial charge in [0.1, 0.15) is 6.54 Å². The van der Waals surface area contributed by atoms with Crippen LogP contribution in [0.25, 0.3) is 0 Å². The van der Waals surface area contributed by atoms with Gasteiger partial charge in [-0.05, 0) is 0 Å². The van der Waals surface area contributed by atoms with Crippen LogP contribution in [0.2, 0.25) is 0 Å². The molecule has 0 aromatic heterocycles. The van der Waals surface area contributed by atoms with E-state index in [1.54, 1.807) is 21.1 Å². The van der Waals surface area contributed by atoms with Gasteiger partial charge in [0.05, 0.1) is 27.1 Å². The van der Waals surface area contributed by atoms with E-state index < -0.39 is 5.97 Å². The molecule has 3 nitrogen and oxygen atoms in total. The minimum atomic E-state index is -1.00. The molecular formula is C5H13AlCaNO2. The molecule has 0 aliphatic carbocycles. The zero-order chi connectivity index (χ0) is 6.78. The summed E-state index contributed by atoms with van der Waals surface area (Å²) in [5.74, 6) is -1.00. The molecule has 0 heterocycles. The molecule has 0 aromatic carbocycles. The summed E-state index contributed by atoms with van der Waals surface area (Å²) in [6.07, 6.45) is 0. The minimum absolute atomic E-state index is 0. The summed E-state index contributed by atoms with van der Waals surface area (Å²) in [4.78, 5) is 9.89. The van der Waals surface area contributed by atoms with E-state index in [1.807, 2.05) is 0 Å². The Bertz CT molecular complexity index is 102. The molecule has 0 aromatic rings. The van der Waals surface area contributed by atoms with Crippen LogP contribution in [0, 0.1) is 0 Å². The van der Waals surface area contributed by atoms with Crippen LogP contribution in [0.3, 0.4) is 0 Å². The van der Waals surface area contributed by atoms with Crippen molar-refractivity contribution in [1.29, 1.82) is 0 Å². The van der Waals surface area contributed by atoms with Crippen molar-refractivity contribution in [3.63, 3.8) is 0 Å². The van der Waals surface area contributed by atoms with Crippen molar-refractivity contribution in [1.82, 2.24) is 0 Å². The Morgan fingerprint density at radius 2 is 1.70 bits per heavy atom.